The molecule has 1 heterocycles. The molecule has 0 bridgehead atoms. The summed E-state index contributed by atoms with van der Waals surface area (Å²) in [6.45, 7) is 6.76. The number of methoxy groups -OCH3 is 2. The maximum atomic E-state index is 12.4. The molecule has 2 amide bonds. The Balaban J connectivity index is 2.00. The molecule has 0 saturated carbocycles. The maximum Gasteiger partial charge on any atom is 0.315 e. The number of amides is 2. The predicted octanol–water partition coefficient (Wildman–Crippen LogP) is 4.35. The summed E-state index contributed by atoms with van der Waals surface area (Å²) in [6, 6.07) is 9.41. The van der Waals surface area contributed by atoms with Crippen LogP contribution in [0.2, 0.25) is 0 Å². The number of thiophene rings is 1. The fourth-order valence-electron chi connectivity index (χ4n) is 2.52. The molecule has 0 spiro atoms. The highest BCUT2D eigenvalue weighted by Crippen LogP contribution is 2.35. The summed E-state index contributed by atoms with van der Waals surface area (Å²) in [7, 11) is 3.19. The molecule has 0 aliphatic heterocycles. The van der Waals surface area contributed by atoms with Gasteiger partial charge in [-0.15, -0.1) is 11.3 Å². The topological polar surface area (TPSA) is 59.6 Å². The Morgan fingerprint density at radius 2 is 1.88 bits per heavy atom. The van der Waals surface area contributed by atoms with Gasteiger partial charge in [-0.25, -0.2) is 4.79 Å². The lowest BCUT2D eigenvalue weighted by Crippen LogP contribution is -2.42. The first kappa shape index (κ1) is 19.1. The van der Waals surface area contributed by atoms with E-state index in [4.69, 9.17) is 9.47 Å². The second kappa shape index (κ2) is 8.25. The van der Waals surface area contributed by atoms with Crippen LogP contribution in [0.3, 0.4) is 0 Å². The van der Waals surface area contributed by atoms with Crippen molar-refractivity contribution in [2.24, 2.45) is 5.41 Å². The number of ether oxygens (including phenoxy) is 2. The summed E-state index contributed by atoms with van der Waals surface area (Å²) in [5.74, 6) is 1.31. The highest BCUT2D eigenvalue weighted by molar-refractivity contribution is 7.10. The van der Waals surface area contributed by atoms with Crippen LogP contribution in [0.15, 0.2) is 35.7 Å². The Hall–Kier alpha value is -2.21. The van der Waals surface area contributed by atoms with E-state index in [1.807, 2.05) is 29.6 Å². The molecular weight excluding hydrogens is 336 g/mol. The number of urea groups is 1. The third-order valence-electron chi connectivity index (χ3n) is 3.87. The predicted molar refractivity (Wildman–Crippen MR) is 101 cm³/mol. The summed E-state index contributed by atoms with van der Waals surface area (Å²) < 4.78 is 10.5. The van der Waals surface area contributed by atoms with Gasteiger partial charge in [0.15, 0.2) is 11.5 Å². The molecule has 0 aliphatic carbocycles. The van der Waals surface area contributed by atoms with Gasteiger partial charge in [0.25, 0.3) is 0 Å². The molecule has 0 unspecified atom stereocenters. The summed E-state index contributed by atoms with van der Waals surface area (Å²) in [6.07, 6.45) is 0. The van der Waals surface area contributed by atoms with Gasteiger partial charge in [-0.05, 0) is 34.6 Å². The van der Waals surface area contributed by atoms with Crippen LogP contribution in [-0.2, 0) is 6.54 Å². The largest absolute Gasteiger partial charge is 0.493 e. The van der Waals surface area contributed by atoms with E-state index in [0.717, 1.165) is 10.4 Å². The smallest absolute Gasteiger partial charge is 0.315 e. The normalized spacial score (nSPS) is 12.4. The highest BCUT2D eigenvalue weighted by Gasteiger charge is 2.28. The molecule has 25 heavy (non-hydrogen) atoms. The van der Waals surface area contributed by atoms with Crippen molar-refractivity contribution in [2.75, 3.05) is 14.2 Å². The van der Waals surface area contributed by atoms with Crippen molar-refractivity contribution in [1.29, 1.82) is 0 Å². The van der Waals surface area contributed by atoms with Crippen LogP contribution in [0, 0.1) is 5.41 Å². The van der Waals surface area contributed by atoms with E-state index in [1.54, 1.807) is 25.6 Å². The van der Waals surface area contributed by atoms with Crippen molar-refractivity contribution < 1.29 is 14.3 Å². The number of hydrogen-bond acceptors (Lipinski definition) is 4. The van der Waals surface area contributed by atoms with Crippen molar-refractivity contribution in [1.82, 2.24) is 10.6 Å². The zero-order valence-electron chi connectivity index (χ0n) is 15.4. The number of nitrogens with one attached hydrogen (secondary N) is 2. The second-order valence-electron chi connectivity index (χ2n) is 6.83. The van der Waals surface area contributed by atoms with Gasteiger partial charge in [-0.3, -0.25) is 0 Å². The lowest BCUT2D eigenvalue weighted by molar-refractivity contribution is 0.219. The van der Waals surface area contributed by atoms with Crippen molar-refractivity contribution in [3.05, 3.63) is 46.2 Å². The van der Waals surface area contributed by atoms with Crippen molar-refractivity contribution in [3.8, 4) is 11.5 Å². The third kappa shape index (κ3) is 5.13. The summed E-state index contributed by atoms with van der Waals surface area (Å²) in [5, 5.41) is 8.02. The van der Waals surface area contributed by atoms with Gasteiger partial charge in [0.1, 0.15) is 0 Å². The number of benzene rings is 1. The van der Waals surface area contributed by atoms with Crippen molar-refractivity contribution >= 4 is 17.4 Å². The molecular formula is C19H26N2O3S. The first-order valence-electron chi connectivity index (χ1n) is 8.14. The number of rotatable bonds is 6. The van der Waals surface area contributed by atoms with Crippen LogP contribution < -0.4 is 20.1 Å². The molecule has 1 aromatic carbocycles. The summed E-state index contributed by atoms with van der Waals surface area (Å²) in [5.41, 5.74) is 0.863. The van der Waals surface area contributed by atoms with E-state index in [9.17, 15) is 4.79 Å². The van der Waals surface area contributed by atoms with Crippen molar-refractivity contribution in [2.45, 2.75) is 33.4 Å². The SMILES string of the molecule is COc1ccc(CNC(=O)N[C@@H](c2cccs2)C(C)(C)C)cc1OC. The van der Waals surface area contributed by atoms with Crippen LogP contribution in [0.4, 0.5) is 4.79 Å². The van der Waals surface area contributed by atoms with Crippen LogP contribution >= 0.6 is 11.3 Å². The highest BCUT2D eigenvalue weighted by atomic mass is 32.1. The average molecular weight is 362 g/mol. The Bertz CT molecular complexity index is 693. The van der Waals surface area contributed by atoms with Crippen LogP contribution in [0.1, 0.15) is 37.3 Å². The quantitative estimate of drug-likeness (QED) is 0.803. The average Bonchev–Trinajstić information content (AvgIpc) is 3.10. The van der Waals surface area contributed by atoms with Gasteiger partial charge in [-0.2, -0.15) is 0 Å². The second-order valence-corrected chi connectivity index (χ2v) is 7.81. The molecule has 0 radical (unpaired) electrons. The van der Waals surface area contributed by atoms with Gasteiger partial charge in [0, 0.05) is 11.4 Å². The minimum Gasteiger partial charge on any atom is -0.493 e. The van der Waals surface area contributed by atoms with Gasteiger partial charge < -0.3 is 20.1 Å². The molecule has 2 aromatic rings. The molecule has 136 valence electrons. The minimum atomic E-state index is -0.192. The van der Waals surface area contributed by atoms with Crippen LogP contribution in [0.25, 0.3) is 0 Å². The lowest BCUT2D eigenvalue weighted by atomic mass is 9.86. The lowest BCUT2D eigenvalue weighted by Gasteiger charge is -2.30. The van der Waals surface area contributed by atoms with E-state index < -0.39 is 0 Å². The zero-order valence-corrected chi connectivity index (χ0v) is 16.2. The van der Waals surface area contributed by atoms with E-state index in [2.05, 4.69) is 37.5 Å². The number of carbonyl (C=O) groups excluding carboxylic acids is 1. The van der Waals surface area contributed by atoms with Gasteiger partial charge >= 0.3 is 6.03 Å². The van der Waals surface area contributed by atoms with Gasteiger partial charge in [0.2, 0.25) is 0 Å². The fourth-order valence-corrected chi connectivity index (χ4v) is 3.54. The Labute approximate surface area is 153 Å². The minimum absolute atomic E-state index is 0.0436. The molecule has 6 heteroatoms. The Morgan fingerprint density at radius 3 is 2.44 bits per heavy atom. The molecule has 1 aromatic heterocycles. The Kier molecular flexibility index (Phi) is 6.31. The van der Waals surface area contributed by atoms with Gasteiger partial charge in [-0.1, -0.05) is 32.9 Å². The molecule has 5 nitrogen and oxygen atoms in total. The van der Waals surface area contributed by atoms with E-state index in [0.29, 0.717) is 18.0 Å². The van der Waals surface area contributed by atoms with Crippen LogP contribution in [-0.4, -0.2) is 20.3 Å². The first-order valence-corrected chi connectivity index (χ1v) is 9.01. The van der Waals surface area contributed by atoms with Crippen molar-refractivity contribution in [3.63, 3.8) is 0 Å². The molecule has 2 N–H and O–H groups in total. The van der Waals surface area contributed by atoms with Gasteiger partial charge in [0.05, 0.1) is 20.3 Å². The fraction of sp³-hybridized carbons (Fsp3) is 0.421. The van der Waals surface area contributed by atoms with Crippen LogP contribution in [0.5, 0.6) is 11.5 Å². The third-order valence-corrected chi connectivity index (χ3v) is 4.81. The Morgan fingerprint density at radius 1 is 1.16 bits per heavy atom. The number of carbonyl (C=O) groups is 1. The molecule has 0 aliphatic rings. The molecule has 0 fully saturated rings. The molecule has 2 rings (SSSR count). The molecule has 1 atom stereocenters. The zero-order chi connectivity index (χ0) is 18.4. The summed E-state index contributed by atoms with van der Waals surface area (Å²) >= 11 is 1.65. The number of hydrogen-bond donors (Lipinski definition) is 2. The first-order chi connectivity index (χ1) is 11.8. The van der Waals surface area contributed by atoms with E-state index in [-0.39, 0.29) is 17.5 Å². The monoisotopic (exact) mass is 362 g/mol. The standard InChI is InChI=1S/C19H26N2O3S/c1-19(2,3)17(16-7-6-10-25-16)21-18(22)20-12-13-8-9-14(23-4)15(11-13)24-5/h6-11,17H,12H2,1-5H3,(H2,20,21,22)/t17-/m0/s1. The molecule has 0 saturated heterocycles. The van der Waals surface area contributed by atoms with E-state index >= 15 is 0 Å². The van der Waals surface area contributed by atoms with E-state index in [1.165, 1.54) is 0 Å². The summed E-state index contributed by atoms with van der Waals surface area (Å²) in [4.78, 5) is 13.5. The maximum absolute atomic E-state index is 12.4.